The normalized spacial score (nSPS) is 31.3. The third-order valence-electron chi connectivity index (χ3n) is 6.64. The maximum absolute atomic E-state index is 11.5. The molecule has 1 amide bonds. The van der Waals surface area contributed by atoms with Gasteiger partial charge in [0.2, 0.25) is 5.91 Å². The highest BCUT2D eigenvalue weighted by Gasteiger charge is 2.59. The fourth-order valence-corrected chi connectivity index (χ4v) is 5.10. The maximum Gasteiger partial charge on any atom is 0.228 e. The van der Waals surface area contributed by atoms with Crippen LogP contribution in [0.15, 0.2) is 48.5 Å². The maximum atomic E-state index is 11.5. The van der Waals surface area contributed by atoms with E-state index >= 15 is 0 Å². The largest absolute Gasteiger partial charge is 0.488 e. The molecule has 0 spiro atoms. The average Bonchev–Trinajstić information content (AvgIpc) is 3.32. The van der Waals surface area contributed by atoms with Crippen LogP contribution in [-0.2, 0) is 11.2 Å². The van der Waals surface area contributed by atoms with Crippen LogP contribution in [-0.4, -0.2) is 63.6 Å². The SMILES string of the molecule is O=C1Cc2cc(C(O)CN3C[C@H]4C[C@H](Oc5ccccc5)[C@H](O)[C@@]4(O)C3)ccc2N1. The number of carbonyl (C=O) groups is 1. The van der Waals surface area contributed by atoms with Crippen LogP contribution in [0.4, 0.5) is 5.69 Å². The number of nitrogens with one attached hydrogen (secondary N) is 1. The highest BCUT2D eigenvalue weighted by atomic mass is 16.5. The summed E-state index contributed by atoms with van der Waals surface area (Å²) >= 11 is 0. The number of rotatable bonds is 5. The first-order valence-electron chi connectivity index (χ1n) is 10.4. The zero-order valence-corrected chi connectivity index (χ0v) is 16.6. The second-order valence-electron chi connectivity index (χ2n) is 8.69. The fourth-order valence-electron chi connectivity index (χ4n) is 5.10. The first-order valence-corrected chi connectivity index (χ1v) is 10.4. The molecule has 0 aromatic heterocycles. The van der Waals surface area contributed by atoms with Crippen LogP contribution < -0.4 is 10.1 Å². The van der Waals surface area contributed by atoms with E-state index in [2.05, 4.69) is 5.32 Å². The van der Waals surface area contributed by atoms with Gasteiger partial charge in [-0.3, -0.25) is 9.69 Å². The molecule has 2 heterocycles. The fraction of sp³-hybridized carbons (Fsp3) is 0.435. The number of amides is 1. The first kappa shape index (κ1) is 19.5. The summed E-state index contributed by atoms with van der Waals surface area (Å²) in [4.78, 5) is 13.5. The molecule has 1 saturated heterocycles. The Morgan fingerprint density at radius 1 is 1.23 bits per heavy atom. The van der Waals surface area contributed by atoms with Crippen LogP contribution in [0.25, 0.3) is 0 Å². The molecule has 0 bridgehead atoms. The van der Waals surface area contributed by atoms with Gasteiger partial charge in [-0.15, -0.1) is 0 Å². The molecular weight excluding hydrogens is 384 g/mol. The van der Waals surface area contributed by atoms with Crippen molar-refractivity contribution in [2.45, 2.75) is 36.8 Å². The molecule has 158 valence electrons. The molecule has 7 heteroatoms. The number of aliphatic hydroxyl groups excluding tert-OH is 2. The van der Waals surface area contributed by atoms with Gasteiger partial charge >= 0.3 is 0 Å². The van der Waals surface area contributed by atoms with Crippen molar-refractivity contribution in [3.63, 3.8) is 0 Å². The van der Waals surface area contributed by atoms with Crippen molar-refractivity contribution in [3.05, 3.63) is 59.7 Å². The Balaban J connectivity index is 1.22. The molecule has 1 unspecified atom stereocenters. The lowest BCUT2D eigenvalue weighted by molar-refractivity contribution is -0.115. The monoisotopic (exact) mass is 410 g/mol. The van der Waals surface area contributed by atoms with E-state index in [4.69, 9.17) is 4.74 Å². The Morgan fingerprint density at radius 3 is 2.80 bits per heavy atom. The molecule has 2 aromatic rings. The Hall–Kier alpha value is -2.45. The first-order chi connectivity index (χ1) is 14.4. The topological polar surface area (TPSA) is 102 Å². The van der Waals surface area contributed by atoms with Crippen LogP contribution >= 0.6 is 0 Å². The van der Waals surface area contributed by atoms with E-state index < -0.39 is 23.9 Å². The van der Waals surface area contributed by atoms with E-state index in [0.29, 0.717) is 31.7 Å². The predicted octanol–water partition coefficient (Wildman–Crippen LogP) is 1.09. The number of para-hydroxylation sites is 1. The van der Waals surface area contributed by atoms with Crippen LogP contribution in [0.2, 0.25) is 0 Å². The number of benzene rings is 2. The smallest absolute Gasteiger partial charge is 0.228 e. The molecule has 3 aliphatic rings. The van der Waals surface area contributed by atoms with Crippen molar-refractivity contribution in [1.29, 1.82) is 0 Å². The summed E-state index contributed by atoms with van der Waals surface area (Å²) in [6.45, 7) is 1.23. The molecule has 4 N–H and O–H groups in total. The van der Waals surface area contributed by atoms with Crippen molar-refractivity contribution in [3.8, 4) is 5.75 Å². The summed E-state index contributed by atoms with van der Waals surface area (Å²) in [7, 11) is 0. The van der Waals surface area contributed by atoms with Gasteiger partial charge in [0.15, 0.2) is 0 Å². The lowest BCUT2D eigenvalue weighted by atomic mass is 9.93. The number of β-amino-alcohol motifs (C(OH)–C–C–N with tert-alkyl or cyclic N) is 2. The molecule has 1 aliphatic carbocycles. The van der Waals surface area contributed by atoms with Crippen LogP contribution in [0, 0.1) is 5.92 Å². The van der Waals surface area contributed by atoms with Crippen molar-refractivity contribution in [2.75, 3.05) is 25.0 Å². The van der Waals surface area contributed by atoms with Gasteiger partial charge < -0.3 is 25.4 Å². The van der Waals surface area contributed by atoms with Gasteiger partial charge in [-0.1, -0.05) is 30.3 Å². The number of likely N-dealkylation sites (tertiary alicyclic amines) is 1. The lowest BCUT2D eigenvalue weighted by Crippen LogP contribution is -2.49. The van der Waals surface area contributed by atoms with E-state index in [-0.39, 0.29) is 18.4 Å². The quantitative estimate of drug-likeness (QED) is 0.589. The third kappa shape index (κ3) is 3.37. The lowest BCUT2D eigenvalue weighted by Gasteiger charge is -2.29. The average molecular weight is 410 g/mol. The van der Waals surface area contributed by atoms with E-state index in [9.17, 15) is 20.1 Å². The molecule has 2 fully saturated rings. The minimum Gasteiger partial charge on any atom is -0.488 e. The number of hydrogen-bond donors (Lipinski definition) is 4. The van der Waals surface area contributed by atoms with Gasteiger partial charge in [0, 0.05) is 31.2 Å². The van der Waals surface area contributed by atoms with Gasteiger partial charge in [-0.05, 0) is 35.7 Å². The van der Waals surface area contributed by atoms with Crippen molar-refractivity contribution < 1.29 is 24.9 Å². The van der Waals surface area contributed by atoms with E-state index in [1.165, 1.54) is 0 Å². The second-order valence-corrected chi connectivity index (χ2v) is 8.69. The zero-order valence-electron chi connectivity index (χ0n) is 16.6. The number of fused-ring (bicyclic) bond motifs is 2. The molecule has 30 heavy (non-hydrogen) atoms. The molecule has 5 rings (SSSR count). The summed E-state index contributed by atoms with van der Waals surface area (Å²) in [6.07, 6.45) is -1.28. The Kier molecular flexibility index (Phi) is 4.78. The number of aliphatic hydroxyl groups is 3. The predicted molar refractivity (Wildman–Crippen MR) is 110 cm³/mol. The Bertz CT molecular complexity index is 952. The number of ether oxygens (including phenoxy) is 1. The van der Waals surface area contributed by atoms with Gasteiger partial charge in [0.25, 0.3) is 0 Å². The Labute approximate surface area is 174 Å². The van der Waals surface area contributed by atoms with Crippen molar-refractivity contribution in [1.82, 2.24) is 4.90 Å². The molecule has 0 radical (unpaired) electrons. The number of anilines is 1. The number of nitrogens with zero attached hydrogens (tertiary/aromatic N) is 1. The minimum absolute atomic E-state index is 0.0347. The van der Waals surface area contributed by atoms with E-state index in [1.54, 1.807) is 0 Å². The molecule has 2 aromatic carbocycles. The molecule has 2 aliphatic heterocycles. The summed E-state index contributed by atoms with van der Waals surface area (Å²) in [6, 6.07) is 14.8. The van der Waals surface area contributed by atoms with Gasteiger partial charge in [0.05, 0.1) is 12.5 Å². The van der Waals surface area contributed by atoms with Crippen LogP contribution in [0.5, 0.6) is 5.75 Å². The van der Waals surface area contributed by atoms with E-state index in [0.717, 1.165) is 16.8 Å². The van der Waals surface area contributed by atoms with Crippen molar-refractivity contribution in [2.24, 2.45) is 5.92 Å². The van der Waals surface area contributed by atoms with Gasteiger partial charge in [-0.25, -0.2) is 0 Å². The third-order valence-corrected chi connectivity index (χ3v) is 6.64. The summed E-state index contributed by atoms with van der Waals surface area (Å²) in [5, 5.41) is 35.4. The summed E-state index contributed by atoms with van der Waals surface area (Å²) in [5.74, 6) is 0.532. The van der Waals surface area contributed by atoms with Gasteiger partial charge in [0.1, 0.15) is 23.6 Å². The van der Waals surface area contributed by atoms with Gasteiger partial charge in [-0.2, -0.15) is 0 Å². The highest BCUT2D eigenvalue weighted by molar-refractivity contribution is 5.99. The molecular formula is C23H26N2O5. The number of hydrogen-bond acceptors (Lipinski definition) is 6. The Morgan fingerprint density at radius 2 is 2.03 bits per heavy atom. The van der Waals surface area contributed by atoms with Crippen molar-refractivity contribution >= 4 is 11.6 Å². The minimum atomic E-state index is -1.24. The van der Waals surface area contributed by atoms with Crippen LogP contribution in [0.3, 0.4) is 0 Å². The molecule has 1 saturated carbocycles. The van der Waals surface area contributed by atoms with Crippen LogP contribution in [0.1, 0.15) is 23.7 Å². The summed E-state index contributed by atoms with van der Waals surface area (Å²) in [5.41, 5.74) is 1.20. The van der Waals surface area contributed by atoms with E-state index in [1.807, 2.05) is 53.4 Å². The zero-order chi connectivity index (χ0) is 20.9. The highest BCUT2D eigenvalue weighted by Crippen LogP contribution is 2.43. The number of carbonyl (C=O) groups excluding carboxylic acids is 1. The molecule has 7 nitrogen and oxygen atoms in total. The molecule has 5 atom stereocenters. The second kappa shape index (κ2) is 7.35. The summed E-state index contributed by atoms with van der Waals surface area (Å²) < 4.78 is 5.91. The standard InChI is InChI=1S/C23H26N2O5/c26-19(14-6-7-18-15(8-14)9-21(27)24-18)12-25-11-16-10-20(22(28)23(16,29)13-25)30-17-4-2-1-3-5-17/h1-8,16,19-20,22,26,28-29H,9-13H2,(H,24,27)/t16-,19?,20+,22+,23-/m1/s1.